The number of benzene rings is 1. The smallest absolute Gasteiger partial charge is 0.226 e. The lowest BCUT2D eigenvalue weighted by molar-refractivity contribution is 0.187. The van der Waals surface area contributed by atoms with Gasteiger partial charge >= 0.3 is 0 Å². The molecule has 7 nitrogen and oxygen atoms in total. The molecule has 3 heterocycles. The van der Waals surface area contributed by atoms with Gasteiger partial charge < -0.3 is 19.7 Å². The number of hydrogen-bond acceptors (Lipinski definition) is 6. The molecule has 2 aromatic heterocycles. The van der Waals surface area contributed by atoms with Crippen molar-refractivity contribution in [3.8, 4) is 5.75 Å². The van der Waals surface area contributed by atoms with E-state index in [2.05, 4.69) is 19.9 Å². The third-order valence-electron chi connectivity index (χ3n) is 4.08. The molecule has 4 rings (SSSR count). The number of aliphatic hydroxyl groups is 1. The molecule has 0 bridgehead atoms. The number of aromatic nitrogens is 4. The van der Waals surface area contributed by atoms with E-state index < -0.39 is 6.10 Å². The number of para-hydroxylation sites is 1. The van der Waals surface area contributed by atoms with E-state index in [1.165, 1.54) is 0 Å². The second-order valence-corrected chi connectivity index (χ2v) is 6.07. The van der Waals surface area contributed by atoms with E-state index in [0.29, 0.717) is 36.6 Å². The highest BCUT2D eigenvalue weighted by atomic mass is 35.5. The quantitative estimate of drug-likeness (QED) is 0.703. The summed E-state index contributed by atoms with van der Waals surface area (Å²) in [5.74, 6) is 1.41. The van der Waals surface area contributed by atoms with E-state index in [1.807, 2.05) is 35.2 Å². The summed E-state index contributed by atoms with van der Waals surface area (Å²) in [6.07, 6.45) is 1.71. The molecule has 0 aliphatic carbocycles. The average molecular weight is 346 g/mol. The van der Waals surface area contributed by atoms with Crippen molar-refractivity contribution in [2.24, 2.45) is 0 Å². The standard InChI is InChI=1S/C16H16ClN5O2/c17-16-20-14-13(18-9-19-14)15(21-16)22-7-11(23)6-10(22)8-24-12-4-2-1-3-5-12/h1-5,9-11,23H,6-8H2,(H,18,19,20,21)/t10-,11+/m1/s1. The number of halogens is 1. The van der Waals surface area contributed by atoms with Crippen molar-refractivity contribution in [2.45, 2.75) is 18.6 Å². The molecule has 124 valence electrons. The number of aromatic amines is 1. The summed E-state index contributed by atoms with van der Waals surface area (Å²) < 4.78 is 5.86. The van der Waals surface area contributed by atoms with Crippen molar-refractivity contribution >= 4 is 28.6 Å². The number of anilines is 1. The molecule has 0 amide bonds. The van der Waals surface area contributed by atoms with Crippen molar-refractivity contribution in [1.29, 1.82) is 0 Å². The van der Waals surface area contributed by atoms with Crippen LogP contribution in [-0.2, 0) is 0 Å². The maximum absolute atomic E-state index is 10.1. The van der Waals surface area contributed by atoms with Crippen LogP contribution in [-0.4, -0.2) is 50.3 Å². The number of imidazole rings is 1. The van der Waals surface area contributed by atoms with Crippen molar-refractivity contribution in [3.63, 3.8) is 0 Å². The number of rotatable bonds is 4. The topological polar surface area (TPSA) is 87.2 Å². The fourth-order valence-corrected chi connectivity index (χ4v) is 3.18. The summed E-state index contributed by atoms with van der Waals surface area (Å²) in [5.41, 5.74) is 1.22. The number of hydrogen-bond donors (Lipinski definition) is 2. The second-order valence-electron chi connectivity index (χ2n) is 5.74. The third-order valence-corrected chi connectivity index (χ3v) is 4.25. The Balaban J connectivity index is 1.61. The number of H-pyrrole nitrogens is 1. The lowest BCUT2D eigenvalue weighted by Gasteiger charge is -2.25. The largest absolute Gasteiger partial charge is 0.491 e. The Morgan fingerprint density at radius 3 is 2.96 bits per heavy atom. The van der Waals surface area contributed by atoms with Gasteiger partial charge in [0.2, 0.25) is 5.28 Å². The van der Waals surface area contributed by atoms with E-state index >= 15 is 0 Å². The average Bonchev–Trinajstić information content (AvgIpc) is 3.19. The molecular formula is C16H16ClN5O2. The first-order valence-electron chi connectivity index (χ1n) is 7.70. The van der Waals surface area contributed by atoms with Crippen LogP contribution in [0.4, 0.5) is 5.82 Å². The van der Waals surface area contributed by atoms with Crippen molar-refractivity contribution < 1.29 is 9.84 Å². The van der Waals surface area contributed by atoms with Gasteiger partial charge in [-0.1, -0.05) is 18.2 Å². The fraction of sp³-hybridized carbons (Fsp3) is 0.312. The maximum atomic E-state index is 10.1. The van der Waals surface area contributed by atoms with E-state index in [1.54, 1.807) is 6.33 Å². The Bertz CT molecular complexity index is 841. The highest BCUT2D eigenvalue weighted by molar-refractivity contribution is 6.28. The van der Waals surface area contributed by atoms with Gasteiger partial charge in [0.05, 0.1) is 18.5 Å². The maximum Gasteiger partial charge on any atom is 0.226 e. The van der Waals surface area contributed by atoms with Crippen LogP contribution in [0.25, 0.3) is 11.2 Å². The van der Waals surface area contributed by atoms with Crippen molar-refractivity contribution in [2.75, 3.05) is 18.1 Å². The Morgan fingerprint density at radius 1 is 1.29 bits per heavy atom. The summed E-state index contributed by atoms with van der Waals surface area (Å²) >= 11 is 6.03. The Hall–Kier alpha value is -2.38. The van der Waals surface area contributed by atoms with E-state index in [9.17, 15) is 5.11 Å². The van der Waals surface area contributed by atoms with E-state index in [4.69, 9.17) is 16.3 Å². The van der Waals surface area contributed by atoms with E-state index in [0.717, 1.165) is 5.75 Å². The van der Waals surface area contributed by atoms with Crippen LogP contribution < -0.4 is 9.64 Å². The summed E-state index contributed by atoms with van der Waals surface area (Å²) in [5, 5.41) is 10.3. The van der Waals surface area contributed by atoms with Gasteiger partial charge in [-0.2, -0.15) is 9.97 Å². The molecule has 0 saturated carbocycles. The van der Waals surface area contributed by atoms with Gasteiger partial charge in [0.15, 0.2) is 17.0 Å². The minimum atomic E-state index is -0.447. The zero-order chi connectivity index (χ0) is 16.5. The summed E-state index contributed by atoms with van der Waals surface area (Å²) in [7, 11) is 0. The Labute approximate surface area is 143 Å². The lowest BCUT2D eigenvalue weighted by atomic mass is 10.2. The molecule has 2 atom stereocenters. The Morgan fingerprint density at radius 2 is 2.12 bits per heavy atom. The molecule has 0 spiro atoms. The van der Waals surface area contributed by atoms with Crippen molar-refractivity contribution in [1.82, 2.24) is 19.9 Å². The Kier molecular flexibility index (Phi) is 3.95. The molecular weight excluding hydrogens is 330 g/mol. The minimum Gasteiger partial charge on any atom is -0.491 e. The first kappa shape index (κ1) is 15.2. The fourth-order valence-electron chi connectivity index (χ4n) is 3.01. The van der Waals surface area contributed by atoms with Gasteiger partial charge in [0.1, 0.15) is 12.4 Å². The molecule has 1 aliphatic heterocycles. The van der Waals surface area contributed by atoms with Crippen LogP contribution in [0.1, 0.15) is 6.42 Å². The van der Waals surface area contributed by atoms with Crippen LogP contribution >= 0.6 is 11.6 Å². The van der Waals surface area contributed by atoms with E-state index in [-0.39, 0.29) is 11.3 Å². The highest BCUT2D eigenvalue weighted by Gasteiger charge is 2.34. The molecule has 1 aliphatic rings. The molecule has 8 heteroatoms. The van der Waals surface area contributed by atoms with Gasteiger partial charge in [-0.15, -0.1) is 0 Å². The molecule has 1 fully saturated rings. The number of fused-ring (bicyclic) bond motifs is 1. The number of ether oxygens (including phenoxy) is 1. The van der Waals surface area contributed by atoms with Gasteiger partial charge in [0.25, 0.3) is 0 Å². The lowest BCUT2D eigenvalue weighted by Crippen LogP contribution is -2.35. The highest BCUT2D eigenvalue weighted by Crippen LogP contribution is 2.30. The first-order valence-corrected chi connectivity index (χ1v) is 8.07. The molecule has 24 heavy (non-hydrogen) atoms. The summed E-state index contributed by atoms with van der Waals surface area (Å²) in [4.78, 5) is 17.7. The van der Waals surface area contributed by atoms with Crippen LogP contribution in [0.2, 0.25) is 5.28 Å². The van der Waals surface area contributed by atoms with Gasteiger partial charge in [-0.05, 0) is 30.2 Å². The predicted molar refractivity (Wildman–Crippen MR) is 90.4 cm³/mol. The molecule has 1 aromatic carbocycles. The summed E-state index contributed by atoms with van der Waals surface area (Å²) in [6, 6.07) is 9.58. The van der Waals surface area contributed by atoms with Gasteiger partial charge in [0, 0.05) is 6.54 Å². The van der Waals surface area contributed by atoms with Crippen LogP contribution in [0.3, 0.4) is 0 Å². The molecule has 0 radical (unpaired) electrons. The zero-order valence-electron chi connectivity index (χ0n) is 12.8. The number of nitrogens with zero attached hydrogens (tertiary/aromatic N) is 4. The number of β-amino-alcohol motifs (C(OH)–C–C–N with tert-alkyl or cyclic N) is 1. The van der Waals surface area contributed by atoms with Crippen LogP contribution in [0.15, 0.2) is 36.7 Å². The molecule has 3 aromatic rings. The number of aliphatic hydroxyl groups excluding tert-OH is 1. The third kappa shape index (κ3) is 2.88. The molecule has 1 saturated heterocycles. The van der Waals surface area contributed by atoms with Crippen LogP contribution in [0, 0.1) is 0 Å². The minimum absolute atomic E-state index is 0.0222. The van der Waals surface area contributed by atoms with Crippen LogP contribution in [0.5, 0.6) is 5.75 Å². The normalized spacial score (nSPS) is 20.7. The van der Waals surface area contributed by atoms with Crippen molar-refractivity contribution in [3.05, 3.63) is 41.9 Å². The summed E-state index contributed by atoms with van der Waals surface area (Å²) in [6.45, 7) is 0.896. The first-order chi connectivity index (χ1) is 11.7. The molecule has 2 N–H and O–H groups in total. The van der Waals surface area contributed by atoms with Gasteiger partial charge in [-0.25, -0.2) is 4.98 Å². The monoisotopic (exact) mass is 345 g/mol. The SMILES string of the molecule is O[C@H]1C[C@H](COc2ccccc2)N(c2nc(Cl)nc3[nH]cnc23)C1. The predicted octanol–water partition coefficient (Wildman–Crippen LogP) is 2.02. The van der Waals surface area contributed by atoms with Gasteiger partial charge in [-0.3, -0.25) is 0 Å². The number of nitrogens with one attached hydrogen (secondary N) is 1. The zero-order valence-corrected chi connectivity index (χ0v) is 13.5. The second kappa shape index (κ2) is 6.26. The molecule has 0 unspecified atom stereocenters.